The number of para-hydroxylation sites is 3. The zero-order valence-electron chi connectivity index (χ0n) is 11.3. The zero-order valence-corrected chi connectivity index (χ0v) is 11.3. The third-order valence-electron chi connectivity index (χ3n) is 3.36. The molecule has 0 radical (unpaired) electrons. The third-order valence-corrected chi connectivity index (χ3v) is 3.36. The molecule has 0 aliphatic heterocycles. The van der Waals surface area contributed by atoms with E-state index in [2.05, 4.69) is 27.9 Å². The molecule has 0 aliphatic carbocycles. The molecule has 0 fully saturated rings. The van der Waals surface area contributed by atoms with Crippen molar-refractivity contribution in [3.63, 3.8) is 0 Å². The van der Waals surface area contributed by atoms with Crippen molar-refractivity contribution in [2.75, 3.05) is 5.32 Å². The number of aryl methyl sites for hydroxylation is 1. The Hall–Kier alpha value is -2.36. The second kappa shape index (κ2) is 5.33. The summed E-state index contributed by atoms with van der Waals surface area (Å²) in [4.78, 5) is 4.61. The number of nitrogens with one attached hydrogen (secondary N) is 1. The van der Waals surface area contributed by atoms with Crippen LogP contribution in [0.2, 0.25) is 0 Å². The van der Waals surface area contributed by atoms with Gasteiger partial charge in [-0.2, -0.15) is 0 Å². The SMILES string of the molecule is CCn1c(CNc2ccccc2F)nc2ccccc21. The van der Waals surface area contributed by atoms with Crippen LogP contribution in [-0.2, 0) is 13.1 Å². The number of fused-ring (bicyclic) bond motifs is 1. The Morgan fingerprint density at radius 1 is 1.10 bits per heavy atom. The first-order valence-electron chi connectivity index (χ1n) is 6.72. The zero-order chi connectivity index (χ0) is 13.9. The molecule has 0 aliphatic rings. The number of benzene rings is 2. The highest BCUT2D eigenvalue weighted by Gasteiger charge is 2.09. The third kappa shape index (κ3) is 2.25. The Morgan fingerprint density at radius 3 is 2.65 bits per heavy atom. The van der Waals surface area contributed by atoms with E-state index in [1.165, 1.54) is 6.07 Å². The van der Waals surface area contributed by atoms with E-state index in [-0.39, 0.29) is 5.82 Å². The quantitative estimate of drug-likeness (QED) is 0.780. The van der Waals surface area contributed by atoms with E-state index in [1.807, 2.05) is 24.3 Å². The number of anilines is 1. The molecule has 3 aromatic rings. The predicted octanol–water partition coefficient (Wildman–Crippen LogP) is 3.81. The van der Waals surface area contributed by atoms with Gasteiger partial charge in [-0.25, -0.2) is 9.37 Å². The molecule has 3 rings (SSSR count). The van der Waals surface area contributed by atoms with Gasteiger partial charge in [0.1, 0.15) is 11.6 Å². The lowest BCUT2D eigenvalue weighted by Crippen LogP contribution is -2.08. The van der Waals surface area contributed by atoms with E-state index in [4.69, 9.17) is 0 Å². The predicted molar refractivity (Wildman–Crippen MR) is 79.1 cm³/mol. The van der Waals surface area contributed by atoms with Crippen LogP contribution in [0.25, 0.3) is 11.0 Å². The van der Waals surface area contributed by atoms with Gasteiger partial charge in [0.05, 0.1) is 23.3 Å². The van der Waals surface area contributed by atoms with E-state index in [1.54, 1.807) is 12.1 Å². The van der Waals surface area contributed by atoms with Crippen molar-refractivity contribution in [1.29, 1.82) is 0 Å². The van der Waals surface area contributed by atoms with Gasteiger partial charge in [-0.3, -0.25) is 0 Å². The summed E-state index contributed by atoms with van der Waals surface area (Å²) in [7, 11) is 0. The largest absolute Gasteiger partial charge is 0.375 e. The van der Waals surface area contributed by atoms with Gasteiger partial charge in [-0.1, -0.05) is 24.3 Å². The molecule has 0 amide bonds. The minimum atomic E-state index is -0.244. The fourth-order valence-electron chi connectivity index (χ4n) is 2.39. The lowest BCUT2D eigenvalue weighted by atomic mass is 10.3. The number of imidazole rings is 1. The van der Waals surface area contributed by atoms with Crippen LogP contribution in [0.3, 0.4) is 0 Å². The second-order valence-electron chi connectivity index (χ2n) is 4.59. The number of hydrogen-bond donors (Lipinski definition) is 1. The highest BCUT2D eigenvalue weighted by atomic mass is 19.1. The Bertz CT molecular complexity index is 733. The van der Waals surface area contributed by atoms with Crippen LogP contribution in [0.15, 0.2) is 48.5 Å². The molecular weight excluding hydrogens is 253 g/mol. The Kier molecular flexibility index (Phi) is 3.37. The lowest BCUT2D eigenvalue weighted by molar-refractivity contribution is 0.629. The number of rotatable bonds is 4. The van der Waals surface area contributed by atoms with Crippen molar-refractivity contribution >= 4 is 16.7 Å². The number of nitrogens with zero attached hydrogens (tertiary/aromatic N) is 2. The van der Waals surface area contributed by atoms with Crippen LogP contribution in [0.5, 0.6) is 0 Å². The summed E-state index contributed by atoms with van der Waals surface area (Å²) in [5.74, 6) is 0.670. The molecule has 2 aromatic carbocycles. The summed E-state index contributed by atoms with van der Waals surface area (Å²) < 4.78 is 15.7. The molecule has 0 atom stereocenters. The first kappa shape index (κ1) is 12.7. The average Bonchev–Trinajstić information content (AvgIpc) is 2.84. The van der Waals surface area contributed by atoms with Crippen LogP contribution in [0.4, 0.5) is 10.1 Å². The highest BCUT2D eigenvalue weighted by molar-refractivity contribution is 5.75. The molecule has 1 N–H and O–H groups in total. The summed E-state index contributed by atoms with van der Waals surface area (Å²) in [6.45, 7) is 3.43. The molecule has 0 unspecified atom stereocenters. The molecule has 0 spiro atoms. The molecule has 0 bridgehead atoms. The van der Waals surface area contributed by atoms with Crippen molar-refractivity contribution in [2.24, 2.45) is 0 Å². The van der Waals surface area contributed by atoms with Gasteiger partial charge < -0.3 is 9.88 Å². The Balaban J connectivity index is 1.89. The van der Waals surface area contributed by atoms with E-state index in [9.17, 15) is 4.39 Å². The van der Waals surface area contributed by atoms with Gasteiger partial charge in [0.25, 0.3) is 0 Å². The maximum atomic E-state index is 13.6. The summed E-state index contributed by atoms with van der Waals surface area (Å²) in [5, 5.41) is 3.11. The first-order valence-corrected chi connectivity index (χ1v) is 6.72. The molecule has 3 nitrogen and oxygen atoms in total. The van der Waals surface area contributed by atoms with Gasteiger partial charge in [0, 0.05) is 6.54 Å². The standard InChI is InChI=1S/C16H16FN3/c1-2-20-15-10-6-5-9-14(15)19-16(20)11-18-13-8-4-3-7-12(13)17/h3-10,18H,2,11H2,1H3. The van der Waals surface area contributed by atoms with Gasteiger partial charge in [0.15, 0.2) is 0 Å². The van der Waals surface area contributed by atoms with Crippen molar-refractivity contribution in [3.8, 4) is 0 Å². The van der Waals surface area contributed by atoms with Gasteiger partial charge in [0.2, 0.25) is 0 Å². The van der Waals surface area contributed by atoms with Crippen molar-refractivity contribution in [3.05, 3.63) is 60.2 Å². The average molecular weight is 269 g/mol. The van der Waals surface area contributed by atoms with E-state index in [0.717, 1.165) is 23.4 Å². The van der Waals surface area contributed by atoms with Crippen molar-refractivity contribution < 1.29 is 4.39 Å². The van der Waals surface area contributed by atoms with E-state index in [0.29, 0.717) is 12.2 Å². The van der Waals surface area contributed by atoms with Crippen LogP contribution in [0, 0.1) is 5.82 Å². The van der Waals surface area contributed by atoms with Crippen molar-refractivity contribution in [2.45, 2.75) is 20.0 Å². The minimum absolute atomic E-state index is 0.244. The van der Waals surface area contributed by atoms with E-state index < -0.39 is 0 Å². The molecule has 1 aromatic heterocycles. The molecule has 0 saturated carbocycles. The molecule has 0 saturated heterocycles. The number of aromatic nitrogens is 2. The van der Waals surface area contributed by atoms with Crippen LogP contribution >= 0.6 is 0 Å². The van der Waals surface area contributed by atoms with Gasteiger partial charge in [-0.15, -0.1) is 0 Å². The first-order chi connectivity index (χ1) is 9.79. The van der Waals surface area contributed by atoms with E-state index >= 15 is 0 Å². The molecule has 20 heavy (non-hydrogen) atoms. The topological polar surface area (TPSA) is 29.9 Å². The molecule has 102 valence electrons. The van der Waals surface area contributed by atoms with Crippen LogP contribution in [0.1, 0.15) is 12.7 Å². The lowest BCUT2D eigenvalue weighted by Gasteiger charge is -2.09. The van der Waals surface area contributed by atoms with Crippen LogP contribution in [-0.4, -0.2) is 9.55 Å². The molecule has 4 heteroatoms. The van der Waals surface area contributed by atoms with Crippen LogP contribution < -0.4 is 5.32 Å². The van der Waals surface area contributed by atoms with Gasteiger partial charge in [-0.05, 0) is 31.2 Å². The summed E-state index contributed by atoms with van der Waals surface area (Å²) in [6, 6.07) is 14.7. The molecule has 1 heterocycles. The summed E-state index contributed by atoms with van der Waals surface area (Å²) >= 11 is 0. The minimum Gasteiger partial charge on any atom is -0.375 e. The summed E-state index contributed by atoms with van der Waals surface area (Å²) in [6.07, 6.45) is 0. The molecular formula is C16H16FN3. The normalized spacial score (nSPS) is 10.9. The fourth-order valence-corrected chi connectivity index (χ4v) is 2.39. The monoisotopic (exact) mass is 269 g/mol. The number of halogens is 1. The Labute approximate surface area is 117 Å². The highest BCUT2D eigenvalue weighted by Crippen LogP contribution is 2.18. The summed E-state index contributed by atoms with van der Waals surface area (Å²) in [5.41, 5.74) is 2.59. The second-order valence-corrected chi connectivity index (χ2v) is 4.59. The maximum absolute atomic E-state index is 13.6. The maximum Gasteiger partial charge on any atom is 0.146 e. The fraction of sp³-hybridized carbons (Fsp3) is 0.188. The number of hydrogen-bond acceptors (Lipinski definition) is 2. The van der Waals surface area contributed by atoms with Crippen molar-refractivity contribution in [1.82, 2.24) is 9.55 Å². The Morgan fingerprint density at radius 2 is 1.85 bits per heavy atom. The smallest absolute Gasteiger partial charge is 0.146 e. The van der Waals surface area contributed by atoms with Gasteiger partial charge >= 0.3 is 0 Å².